The van der Waals surface area contributed by atoms with Crippen LogP contribution in [0.1, 0.15) is 12.8 Å². The number of nitrogens with zero attached hydrogens (tertiary/aromatic N) is 2. The second kappa shape index (κ2) is 4.94. The molecule has 0 spiro atoms. The summed E-state index contributed by atoms with van der Waals surface area (Å²) in [6, 6.07) is 0. The van der Waals surface area contributed by atoms with Crippen molar-refractivity contribution < 1.29 is 9.53 Å². The summed E-state index contributed by atoms with van der Waals surface area (Å²) in [4.78, 5) is 11.0. The molecule has 2 rings (SSSR count). The Kier molecular flexibility index (Phi) is 3.36. The van der Waals surface area contributed by atoms with E-state index < -0.39 is 0 Å². The fourth-order valence-corrected chi connectivity index (χ4v) is 1.62. The number of carbonyl (C=O) groups is 1. The summed E-state index contributed by atoms with van der Waals surface area (Å²) in [6.45, 7) is 1.37. The largest absolute Gasteiger partial charge is 0.383 e. The second-order valence-corrected chi connectivity index (χ2v) is 3.75. The van der Waals surface area contributed by atoms with Crippen molar-refractivity contribution in [3.8, 4) is 0 Å². The van der Waals surface area contributed by atoms with Crippen LogP contribution in [0.5, 0.6) is 0 Å². The van der Waals surface area contributed by atoms with Crippen molar-refractivity contribution in [3.63, 3.8) is 0 Å². The minimum atomic E-state index is 0.189. The fourth-order valence-electron chi connectivity index (χ4n) is 1.62. The minimum absolute atomic E-state index is 0.189. The Morgan fingerprint density at radius 2 is 2.44 bits per heavy atom. The smallest absolute Gasteiger partial charge is 0.157 e. The molecule has 0 radical (unpaired) electrons. The molecule has 0 saturated carbocycles. The van der Waals surface area contributed by atoms with Crippen LogP contribution in [0.4, 0.5) is 5.69 Å². The van der Waals surface area contributed by atoms with Gasteiger partial charge in [0.2, 0.25) is 0 Å². The first-order chi connectivity index (χ1) is 7.78. The first-order valence-corrected chi connectivity index (χ1v) is 5.30. The van der Waals surface area contributed by atoms with Gasteiger partial charge in [-0.2, -0.15) is 5.10 Å². The maximum Gasteiger partial charge on any atom is 0.157 e. The van der Waals surface area contributed by atoms with E-state index in [-0.39, 0.29) is 5.78 Å². The first-order valence-electron chi connectivity index (χ1n) is 5.30. The van der Waals surface area contributed by atoms with E-state index in [1.165, 1.54) is 0 Å². The van der Waals surface area contributed by atoms with Crippen molar-refractivity contribution in [3.05, 3.63) is 24.2 Å². The average Bonchev–Trinajstić information content (AvgIpc) is 2.86. The van der Waals surface area contributed by atoms with E-state index in [9.17, 15) is 4.79 Å². The molecule has 0 saturated heterocycles. The summed E-state index contributed by atoms with van der Waals surface area (Å²) in [7, 11) is 1.66. The number of methoxy groups -OCH3 is 1. The number of hydrogen-bond acceptors (Lipinski definition) is 4. The number of carbonyl (C=O) groups excluding carboxylic acids is 1. The molecular formula is C11H15N3O2. The maximum absolute atomic E-state index is 11.0. The molecule has 0 bridgehead atoms. The van der Waals surface area contributed by atoms with Gasteiger partial charge in [-0.15, -0.1) is 0 Å². The van der Waals surface area contributed by atoms with Crippen LogP contribution in [0.25, 0.3) is 0 Å². The van der Waals surface area contributed by atoms with Crippen LogP contribution in [0.3, 0.4) is 0 Å². The third-order valence-corrected chi connectivity index (χ3v) is 2.44. The van der Waals surface area contributed by atoms with E-state index in [1.54, 1.807) is 19.4 Å². The van der Waals surface area contributed by atoms with Crippen LogP contribution < -0.4 is 5.32 Å². The Morgan fingerprint density at radius 1 is 1.56 bits per heavy atom. The van der Waals surface area contributed by atoms with Gasteiger partial charge in [0.1, 0.15) is 0 Å². The molecule has 1 N–H and O–H groups in total. The normalized spacial score (nSPS) is 15.3. The van der Waals surface area contributed by atoms with E-state index in [4.69, 9.17) is 4.74 Å². The number of anilines is 1. The summed E-state index contributed by atoms with van der Waals surface area (Å²) < 4.78 is 6.77. The van der Waals surface area contributed by atoms with Gasteiger partial charge in [-0.25, -0.2) is 0 Å². The van der Waals surface area contributed by atoms with Crippen LogP contribution in [-0.2, 0) is 16.1 Å². The number of rotatable bonds is 5. The third-order valence-electron chi connectivity index (χ3n) is 2.44. The molecule has 1 aliphatic rings. The monoisotopic (exact) mass is 221 g/mol. The van der Waals surface area contributed by atoms with Crippen molar-refractivity contribution in [2.24, 2.45) is 0 Å². The van der Waals surface area contributed by atoms with Crippen LogP contribution >= 0.6 is 0 Å². The molecule has 0 unspecified atom stereocenters. The van der Waals surface area contributed by atoms with Crippen LogP contribution in [0.2, 0.25) is 0 Å². The highest BCUT2D eigenvalue weighted by Gasteiger charge is 2.12. The predicted octanol–water partition coefficient (Wildman–Crippen LogP) is 1.19. The molecule has 0 amide bonds. The lowest BCUT2D eigenvalue weighted by atomic mass is 10.3. The maximum atomic E-state index is 11.0. The molecular weight excluding hydrogens is 206 g/mol. The zero-order valence-corrected chi connectivity index (χ0v) is 9.27. The van der Waals surface area contributed by atoms with Gasteiger partial charge in [0, 0.05) is 31.5 Å². The molecule has 0 aromatic carbocycles. The number of hydrogen-bond donors (Lipinski definition) is 1. The minimum Gasteiger partial charge on any atom is -0.383 e. The molecule has 1 heterocycles. The van der Waals surface area contributed by atoms with E-state index in [0.717, 1.165) is 24.4 Å². The SMILES string of the molecule is COCCn1cc(NC2=CC(=O)CC2)cn1. The van der Waals surface area contributed by atoms with Gasteiger partial charge >= 0.3 is 0 Å². The van der Waals surface area contributed by atoms with Gasteiger partial charge in [-0.3, -0.25) is 9.48 Å². The van der Waals surface area contributed by atoms with Crippen LogP contribution in [0, 0.1) is 0 Å². The summed E-state index contributed by atoms with van der Waals surface area (Å²) in [5.41, 5.74) is 1.88. The summed E-state index contributed by atoms with van der Waals surface area (Å²) >= 11 is 0. The highest BCUT2D eigenvalue weighted by Crippen LogP contribution is 2.17. The lowest BCUT2D eigenvalue weighted by Gasteiger charge is -2.02. The molecule has 86 valence electrons. The first kappa shape index (κ1) is 10.9. The van der Waals surface area contributed by atoms with Gasteiger partial charge in [0.15, 0.2) is 5.78 Å². The molecule has 0 atom stereocenters. The van der Waals surface area contributed by atoms with Crippen LogP contribution in [0.15, 0.2) is 24.2 Å². The highest BCUT2D eigenvalue weighted by atomic mass is 16.5. The second-order valence-electron chi connectivity index (χ2n) is 3.75. The van der Waals surface area contributed by atoms with Crippen molar-refractivity contribution >= 4 is 11.5 Å². The third kappa shape index (κ3) is 2.70. The number of aromatic nitrogens is 2. The van der Waals surface area contributed by atoms with Crippen molar-refractivity contribution in [2.45, 2.75) is 19.4 Å². The van der Waals surface area contributed by atoms with E-state index in [1.807, 2.05) is 10.9 Å². The Labute approximate surface area is 94.1 Å². The molecule has 0 fully saturated rings. The summed E-state index contributed by atoms with van der Waals surface area (Å²) in [5, 5.41) is 7.36. The molecule has 5 nitrogen and oxygen atoms in total. The molecule has 1 aliphatic carbocycles. The Balaban J connectivity index is 1.92. The topological polar surface area (TPSA) is 56.1 Å². The van der Waals surface area contributed by atoms with Gasteiger partial charge in [-0.1, -0.05) is 0 Å². The standard InChI is InChI=1S/C11H15N3O2/c1-16-5-4-14-8-10(7-12-14)13-9-2-3-11(15)6-9/h6-8,13H,2-5H2,1H3. The van der Waals surface area contributed by atoms with Gasteiger partial charge in [-0.05, 0) is 6.42 Å². The lowest BCUT2D eigenvalue weighted by Crippen LogP contribution is -2.04. The van der Waals surface area contributed by atoms with Gasteiger partial charge < -0.3 is 10.1 Å². The zero-order valence-electron chi connectivity index (χ0n) is 9.27. The molecule has 1 aromatic rings. The van der Waals surface area contributed by atoms with Crippen molar-refractivity contribution in [2.75, 3.05) is 19.0 Å². The Bertz CT molecular complexity index is 409. The number of ketones is 1. The van der Waals surface area contributed by atoms with Crippen molar-refractivity contribution in [1.29, 1.82) is 0 Å². The predicted molar refractivity (Wildman–Crippen MR) is 60.0 cm³/mol. The van der Waals surface area contributed by atoms with E-state index in [0.29, 0.717) is 13.0 Å². The fraction of sp³-hybridized carbons (Fsp3) is 0.455. The quantitative estimate of drug-likeness (QED) is 0.811. The van der Waals surface area contributed by atoms with E-state index in [2.05, 4.69) is 10.4 Å². The Morgan fingerprint density at radius 3 is 3.12 bits per heavy atom. The van der Waals surface area contributed by atoms with Crippen LogP contribution in [-0.4, -0.2) is 29.3 Å². The van der Waals surface area contributed by atoms with E-state index >= 15 is 0 Å². The Hall–Kier alpha value is -1.62. The summed E-state index contributed by atoms with van der Waals surface area (Å²) in [6.07, 6.45) is 6.72. The molecule has 16 heavy (non-hydrogen) atoms. The number of ether oxygens (including phenoxy) is 1. The van der Waals surface area contributed by atoms with Gasteiger partial charge in [0.25, 0.3) is 0 Å². The number of allylic oxidation sites excluding steroid dienone is 2. The number of nitrogens with one attached hydrogen (secondary N) is 1. The highest BCUT2D eigenvalue weighted by molar-refractivity contribution is 5.93. The molecule has 1 aromatic heterocycles. The molecule has 0 aliphatic heterocycles. The van der Waals surface area contributed by atoms with Crippen molar-refractivity contribution in [1.82, 2.24) is 9.78 Å². The van der Waals surface area contributed by atoms with Gasteiger partial charge in [0.05, 0.1) is 25.0 Å². The molecule has 5 heteroatoms. The lowest BCUT2D eigenvalue weighted by molar-refractivity contribution is -0.114. The summed E-state index contributed by atoms with van der Waals surface area (Å²) in [5.74, 6) is 0.189. The zero-order chi connectivity index (χ0) is 11.4. The average molecular weight is 221 g/mol.